The molecule has 1 aliphatic heterocycles. The Labute approximate surface area is 186 Å². The van der Waals surface area contributed by atoms with Crippen molar-refractivity contribution in [2.45, 2.75) is 36.1 Å². The van der Waals surface area contributed by atoms with E-state index >= 15 is 0 Å². The van der Waals surface area contributed by atoms with Crippen molar-refractivity contribution >= 4 is 45.0 Å². The first-order chi connectivity index (χ1) is 14.4. The average molecular weight is 470 g/mol. The molecule has 10 heteroatoms. The van der Waals surface area contributed by atoms with E-state index in [0.717, 1.165) is 19.3 Å². The van der Waals surface area contributed by atoms with E-state index in [9.17, 15) is 13.2 Å². The van der Waals surface area contributed by atoms with Gasteiger partial charge in [0.15, 0.2) is 0 Å². The molecule has 0 atom stereocenters. The van der Waals surface area contributed by atoms with Crippen molar-refractivity contribution in [2.75, 3.05) is 30.8 Å². The number of rotatable bonds is 8. The van der Waals surface area contributed by atoms with Crippen LogP contribution in [0.2, 0.25) is 5.02 Å². The normalized spacial score (nSPS) is 15.0. The van der Waals surface area contributed by atoms with Crippen molar-refractivity contribution in [3.63, 3.8) is 0 Å². The second kappa shape index (κ2) is 10.5. The highest BCUT2D eigenvalue weighted by atomic mass is 35.5. The summed E-state index contributed by atoms with van der Waals surface area (Å²) in [6.45, 7) is 3.13. The number of carbonyl (C=O) groups excluding carboxylic acids is 1. The minimum atomic E-state index is -3.71. The standard InChI is InChI=1S/C20H24ClN3O4S2/c1-2-28-17-9-8-15(13-18(17)30(26,27)24-11-4-3-5-12-24)23-19(25)14-29-20-16(21)7-6-10-22-20/h6-10,13H,2-5,11-12,14H2,1H3,(H,23,25). The molecule has 2 heterocycles. The lowest BCUT2D eigenvalue weighted by Gasteiger charge is -2.27. The number of hydrogen-bond acceptors (Lipinski definition) is 6. The molecule has 1 N–H and O–H groups in total. The van der Waals surface area contributed by atoms with E-state index in [4.69, 9.17) is 16.3 Å². The number of anilines is 1. The van der Waals surface area contributed by atoms with Crippen molar-refractivity contribution < 1.29 is 17.9 Å². The fraction of sp³-hybridized carbons (Fsp3) is 0.400. The molecular weight excluding hydrogens is 446 g/mol. The van der Waals surface area contributed by atoms with Gasteiger partial charge in [0.1, 0.15) is 15.7 Å². The molecular formula is C20H24ClN3O4S2. The van der Waals surface area contributed by atoms with Gasteiger partial charge in [-0.3, -0.25) is 4.79 Å². The third-order valence-corrected chi connectivity index (χ3v) is 7.87. The summed E-state index contributed by atoms with van der Waals surface area (Å²) in [5.74, 6) is 0.0981. The highest BCUT2D eigenvalue weighted by Crippen LogP contribution is 2.32. The lowest BCUT2D eigenvalue weighted by Crippen LogP contribution is -2.35. The minimum absolute atomic E-state index is 0.0736. The third kappa shape index (κ3) is 5.66. The molecule has 1 amide bonds. The zero-order chi connectivity index (χ0) is 21.6. The summed E-state index contributed by atoms with van der Waals surface area (Å²) in [4.78, 5) is 16.6. The van der Waals surface area contributed by atoms with Crippen molar-refractivity contribution in [1.82, 2.24) is 9.29 Å². The number of carbonyl (C=O) groups is 1. The molecule has 0 radical (unpaired) electrons. The van der Waals surface area contributed by atoms with Gasteiger partial charge in [-0.05, 0) is 50.1 Å². The Hall–Kier alpha value is -1.81. The molecule has 1 aliphatic rings. The lowest BCUT2D eigenvalue weighted by atomic mass is 10.2. The minimum Gasteiger partial charge on any atom is -0.492 e. The Kier molecular flexibility index (Phi) is 7.99. The average Bonchev–Trinajstić information content (AvgIpc) is 2.75. The molecule has 1 aromatic carbocycles. The SMILES string of the molecule is CCOc1ccc(NC(=O)CSc2ncccc2Cl)cc1S(=O)(=O)N1CCCCC1. The van der Waals surface area contributed by atoms with Gasteiger partial charge in [0.2, 0.25) is 15.9 Å². The van der Waals surface area contributed by atoms with Gasteiger partial charge >= 0.3 is 0 Å². The Bertz CT molecular complexity index is 995. The molecule has 0 spiro atoms. The molecule has 0 aliphatic carbocycles. The molecule has 1 fully saturated rings. The number of aromatic nitrogens is 1. The number of nitrogens with zero attached hydrogens (tertiary/aromatic N) is 2. The molecule has 162 valence electrons. The van der Waals surface area contributed by atoms with Crippen LogP contribution in [-0.4, -0.2) is 49.1 Å². The largest absolute Gasteiger partial charge is 0.492 e. The lowest BCUT2D eigenvalue weighted by molar-refractivity contribution is -0.113. The van der Waals surface area contributed by atoms with Crippen LogP contribution in [-0.2, 0) is 14.8 Å². The first kappa shape index (κ1) is 22.9. The van der Waals surface area contributed by atoms with Crippen LogP contribution in [0.5, 0.6) is 5.75 Å². The van der Waals surface area contributed by atoms with E-state index in [-0.39, 0.29) is 22.3 Å². The number of amides is 1. The molecule has 30 heavy (non-hydrogen) atoms. The second-order valence-electron chi connectivity index (χ2n) is 6.69. The number of pyridine rings is 1. The monoisotopic (exact) mass is 469 g/mol. The number of nitrogens with one attached hydrogen (secondary N) is 1. The first-order valence-electron chi connectivity index (χ1n) is 9.72. The van der Waals surface area contributed by atoms with Crippen LogP contribution in [0.3, 0.4) is 0 Å². The fourth-order valence-corrected chi connectivity index (χ4v) is 5.76. The van der Waals surface area contributed by atoms with Gasteiger partial charge in [-0.25, -0.2) is 13.4 Å². The maximum absolute atomic E-state index is 13.2. The number of benzene rings is 1. The molecule has 1 aromatic heterocycles. The summed E-state index contributed by atoms with van der Waals surface area (Å²) < 4.78 is 33.4. The van der Waals surface area contributed by atoms with E-state index in [1.807, 2.05) is 0 Å². The number of hydrogen-bond donors (Lipinski definition) is 1. The van der Waals surface area contributed by atoms with E-state index in [1.54, 1.807) is 37.4 Å². The maximum atomic E-state index is 13.2. The van der Waals surface area contributed by atoms with E-state index in [2.05, 4.69) is 10.3 Å². The summed E-state index contributed by atoms with van der Waals surface area (Å²) in [5, 5.41) is 3.79. The topological polar surface area (TPSA) is 88.6 Å². The van der Waals surface area contributed by atoms with Gasteiger partial charge < -0.3 is 10.1 Å². The summed E-state index contributed by atoms with van der Waals surface area (Å²) in [6, 6.07) is 8.11. The van der Waals surface area contributed by atoms with Crippen LogP contribution in [0.25, 0.3) is 0 Å². The van der Waals surface area contributed by atoms with E-state index in [0.29, 0.717) is 35.4 Å². The van der Waals surface area contributed by atoms with Crippen molar-refractivity contribution in [3.8, 4) is 5.75 Å². The summed E-state index contributed by atoms with van der Waals surface area (Å²) in [7, 11) is -3.71. The van der Waals surface area contributed by atoms with Crippen LogP contribution >= 0.6 is 23.4 Å². The first-order valence-corrected chi connectivity index (χ1v) is 12.5. The van der Waals surface area contributed by atoms with Gasteiger partial charge in [-0.15, -0.1) is 0 Å². The molecule has 0 unspecified atom stereocenters. The van der Waals surface area contributed by atoms with Crippen LogP contribution in [0, 0.1) is 0 Å². The van der Waals surface area contributed by atoms with Gasteiger partial charge in [0, 0.05) is 25.0 Å². The van der Waals surface area contributed by atoms with Gasteiger partial charge in [-0.1, -0.05) is 29.8 Å². The molecule has 0 saturated carbocycles. The predicted molar refractivity (Wildman–Crippen MR) is 119 cm³/mol. The molecule has 2 aromatic rings. The van der Waals surface area contributed by atoms with Crippen molar-refractivity contribution in [3.05, 3.63) is 41.6 Å². The Morgan fingerprint density at radius 3 is 2.73 bits per heavy atom. The fourth-order valence-electron chi connectivity index (χ4n) is 3.11. The highest BCUT2D eigenvalue weighted by molar-refractivity contribution is 8.00. The highest BCUT2D eigenvalue weighted by Gasteiger charge is 2.29. The van der Waals surface area contributed by atoms with E-state index in [1.165, 1.54) is 22.1 Å². The van der Waals surface area contributed by atoms with Crippen molar-refractivity contribution in [2.24, 2.45) is 0 Å². The predicted octanol–water partition coefficient (Wildman–Crippen LogP) is 4.04. The molecule has 3 rings (SSSR count). The Balaban J connectivity index is 1.76. The second-order valence-corrected chi connectivity index (χ2v) is 9.96. The van der Waals surface area contributed by atoms with Gasteiger partial charge in [0.25, 0.3) is 0 Å². The zero-order valence-corrected chi connectivity index (χ0v) is 19.0. The van der Waals surface area contributed by atoms with Crippen LogP contribution in [0.15, 0.2) is 46.5 Å². The summed E-state index contributed by atoms with van der Waals surface area (Å²) >= 11 is 7.27. The number of piperidine rings is 1. The van der Waals surface area contributed by atoms with Gasteiger partial charge in [-0.2, -0.15) is 4.31 Å². The summed E-state index contributed by atoms with van der Waals surface area (Å²) in [5.41, 5.74) is 0.395. The molecule has 7 nitrogen and oxygen atoms in total. The number of ether oxygens (including phenoxy) is 1. The Morgan fingerprint density at radius 1 is 1.27 bits per heavy atom. The molecule has 0 bridgehead atoms. The quantitative estimate of drug-likeness (QED) is 0.587. The van der Waals surface area contributed by atoms with Crippen LogP contribution in [0.1, 0.15) is 26.2 Å². The maximum Gasteiger partial charge on any atom is 0.246 e. The molecule has 1 saturated heterocycles. The number of halogens is 1. The van der Waals surface area contributed by atoms with Crippen LogP contribution < -0.4 is 10.1 Å². The number of sulfonamides is 1. The van der Waals surface area contributed by atoms with Crippen LogP contribution in [0.4, 0.5) is 5.69 Å². The number of thioether (sulfide) groups is 1. The third-order valence-electron chi connectivity index (χ3n) is 4.52. The van der Waals surface area contributed by atoms with Gasteiger partial charge in [0.05, 0.1) is 17.4 Å². The Morgan fingerprint density at radius 2 is 2.03 bits per heavy atom. The zero-order valence-electron chi connectivity index (χ0n) is 16.6. The van der Waals surface area contributed by atoms with E-state index < -0.39 is 10.0 Å². The summed E-state index contributed by atoms with van der Waals surface area (Å²) in [6.07, 6.45) is 4.31. The smallest absolute Gasteiger partial charge is 0.246 e. The van der Waals surface area contributed by atoms with Crippen molar-refractivity contribution in [1.29, 1.82) is 0 Å².